The van der Waals surface area contributed by atoms with E-state index in [-0.39, 0.29) is 10.9 Å². The highest BCUT2D eigenvalue weighted by Gasteiger charge is 2.14. The Morgan fingerprint density at radius 3 is 2.47 bits per heavy atom. The van der Waals surface area contributed by atoms with Gasteiger partial charge in [0.05, 0.1) is 10.6 Å². The van der Waals surface area contributed by atoms with Crippen molar-refractivity contribution in [2.75, 3.05) is 4.72 Å². The molecule has 1 aromatic heterocycles. The van der Waals surface area contributed by atoms with Gasteiger partial charge in [-0.2, -0.15) is 0 Å². The number of thiazole rings is 1. The molecule has 5 N–H and O–H groups in total. The maximum atomic E-state index is 12.0. The summed E-state index contributed by atoms with van der Waals surface area (Å²) in [6.07, 6.45) is 1.52. The summed E-state index contributed by atoms with van der Waals surface area (Å²) < 4.78 is 26.4. The summed E-state index contributed by atoms with van der Waals surface area (Å²) >= 11 is 1.20. The third-order valence-corrected chi connectivity index (χ3v) is 4.23. The van der Waals surface area contributed by atoms with E-state index in [0.717, 1.165) is 0 Å². The van der Waals surface area contributed by atoms with Gasteiger partial charge in [0.1, 0.15) is 0 Å². The Hall–Kier alpha value is -2.13. The van der Waals surface area contributed by atoms with Crippen LogP contribution in [0.15, 0.2) is 45.7 Å². The van der Waals surface area contributed by atoms with Crippen LogP contribution in [0.1, 0.15) is 0 Å². The van der Waals surface area contributed by atoms with Gasteiger partial charge in [-0.3, -0.25) is 4.72 Å². The molecule has 0 fully saturated rings. The molecule has 0 bridgehead atoms. The van der Waals surface area contributed by atoms with Crippen LogP contribution in [0.3, 0.4) is 0 Å². The lowest BCUT2D eigenvalue weighted by atomic mass is 10.3. The number of nitrogens with zero attached hydrogens (tertiary/aromatic N) is 2. The lowest BCUT2D eigenvalue weighted by molar-refractivity contribution is 0.601. The number of nitrogens with two attached hydrogens (primary N) is 2. The summed E-state index contributed by atoms with van der Waals surface area (Å²) in [7, 11) is -3.64. The predicted octanol–water partition coefficient (Wildman–Crippen LogP) is 0.849. The first-order valence-electron chi connectivity index (χ1n) is 5.09. The molecular weight excluding hydrogens is 286 g/mol. The normalized spacial score (nSPS) is 10.9. The lowest BCUT2D eigenvalue weighted by Crippen LogP contribution is -2.21. The SMILES string of the molecule is NC(N)=Nc1ccc(S(=O)(=O)Nc2nccs2)cc1. The zero-order chi connectivity index (χ0) is 13.9. The van der Waals surface area contributed by atoms with E-state index in [4.69, 9.17) is 11.5 Å². The van der Waals surface area contributed by atoms with Crippen LogP contribution in [0.5, 0.6) is 0 Å². The smallest absolute Gasteiger partial charge is 0.263 e. The minimum Gasteiger partial charge on any atom is -0.370 e. The second-order valence-corrected chi connectivity index (χ2v) is 6.05. The number of aliphatic imine (C=N–C) groups is 1. The first-order valence-corrected chi connectivity index (χ1v) is 7.46. The van der Waals surface area contributed by atoms with Crippen molar-refractivity contribution >= 4 is 38.1 Å². The van der Waals surface area contributed by atoms with Gasteiger partial charge in [0.25, 0.3) is 10.0 Å². The average molecular weight is 297 g/mol. The maximum absolute atomic E-state index is 12.0. The first-order chi connectivity index (χ1) is 8.97. The topological polar surface area (TPSA) is 123 Å². The zero-order valence-corrected chi connectivity index (χ0v) is 11.3. The fourth-order valence-electron chi connectivity index (χ4n) is 1.30. The quantitative estimate of drug-likeness (QED) is 0.570. The van der Waals surface area contributed by atoms with Gasteiger partial charge in [-0.05, 0) is 24.3 Å². The lowest BCUT2D eigenvalue weighted by Gasteiger charge is -2.05. The van der Waals surface area contributed by atoms with E-state index in [1.54, 1.807) is 5.38 Å². The summed E-state index contributed by atoms with van der Waals surface area (Å²) in [4.78, 5) is 7.77. The van der Waals surface area contributed by atoms with E-state index < -0.39 is 10.0 Å². The van der Waals surface area contributed by atoms with Crippen LogP contribution < -0.4 is 16.2 Å². The van der Waals surface area contributed by atoms with E-state index in [2.05, 4.69) is 14.7 Å². The molecule has 0 radical (unpaired) electrons. The summed E-state index contributed by atoms with van der Waals surface area (Å²) in [5, 5.41) is 1.99. The number of nitrogens with one attached hydrogen (secondary N) is 1. The summed E-state index contributed by atoms with van der Waals surface area (Å²) in [6.45, 7) is 0. The monoisotopic (exact) mass is 297 g/mol. The van der Waals surface area contributed by atoms with E-state index in [1.807, 2.05) is 0 Å². The Morgan fingerprint density at radius 2 is 1.95 bits per heavy atom. The van der Waals surface area contributed by atoms with Crippen LogP contribution in [0.2, 0.25) is 0 Å². The number of guanidine groups is 1. The van der Waals surface area contributed by atoms with Crippen LogP contribution in [0.25, 0.3) is 0 Å². The minimum atomic E-state index is -3.64. The van der Waals surface area contributed by atoms with E-state index in [0.29, 0.717) is 10.8 Å². The van der Waals surface area contributed by atoms with Gasteiger partial charge in [0, 0.05) is 11.6 Å². The largest absolute Gasteiger partial charge is 0.370 e. The number of hydrogen-bond donors (Lipinski definition) is 3. The molecule has 0 unspecified atom stereocenters. The van der Waals surface area contributed by atoms with Gasteiger partial charge in [0.2, 0.25) is 0 Å². The molecule has 0 aliphatic rings. The Labute approximate surface area is 114 Å². The number of benzene rings is 1. The number of rotatable bonds is 4. The Kier molecular flexibility index (Phi) is 3.67. The van der Waals surface area contributed by atoms with Gasteiger partial charge in [-0.15, -0.1) is 11.3 Å². The molecule has 0 spiro atoms. The standard InChI is InChI=1S/C10H11N5O2S2/c11-9(12)14-7-1-3-8(4-2-7)19(16,17)15-10-13-5-6-18-10/h1-6H,(H,13,15)(H4,11,12,14). The Balaban J connectivity index is 2.24. The average Bonchev–Trinajstić information content (AvgIpc) is 2.81. The third kappa shape index (κ3) is 3.42. The van der Waals surface area contributed by atoms with E-state index in [9.17, 15) is 8.42 Å². The second kappa shape index (κ2) is 5.24. The van der Waals surface area contributed by atoms with Gasteiger partial charge < -0.3 is 11.5 Å². The molecule has 0 saturated heterocycles. The molecule has 0 saturated carbocycles. The molecule has 100 valence electrons. The van der Waals surface area contributed by atoms with Gasteiger partial charge >= 0.3 is 0 Å². The number of hydrogen-bond acceptors (Lipinski definition) is 5. The molecule has 0 aliphatic heterocycles. The van der Waals surface area contributed by atoms with Crippen LogP contribution in [0, 0.1) is 0 Å². The molecule has 0 atom stereocenters. The minimum absolute atomic E-state index is 0.0866. The molecule has 7 nitrogen and oxygen atoms in total. The molecule has 2 aromatic rings. The molecule has 0 amide bonds. The van der Waals surface area contributed by atoms with Crippen LogP contribution >= 0.6 is 11.3 Å². The van der Waals surface area contributed by atoms with Crippen molar-refractivity contribution in [3.8, 4) is 0 Å². The van der Waals surface area contributed by atoms with Gasteiger partial charge in [-0.25, -0.2) is 18.4 Å². The fraction of sp³-hybridized carbons (Fsp3) is 0. The molecule has 2 rings (SSSR count). The predicted molar refractivity (Wildman–Crippen MR) is 74.8 cm³/mol. The molecular formula is C10H11N5O2S2. The summed E-state index contributed by atoms with van der Waals surface area (Å²) in [5.41, 5.74) is 10.9. The van der Waals surface area contributed by atoms with E-state index >= 15 is 0 Å². The summed E-state index contributed by atoms with van der Waals surface area (Å²) in [6, 6.07) is 5.85. The molecule has 19 heavy (non-hydrogen) atoms. The highest BCUT2D eigenvalue weighted by Crippen LogP contribution is 2.20. The third-order valence-electron chi connectivity index (χ3n) is 2.06. The van der Waals surface area contributed by atoms with Crippen LogP contribution in [-0.2, 0) is 10.0 Å². The van der Waals surface area contributed by atoms with Crippen molar-refractivity contribution in [3.63, 3.8) is 0 Å². The van der Waals surface area contributed by atoms with Crippen molar-refractivity contribution in [2.24, 2.45) is 16.5 Å². The highest BCUT2D eigenvalue weighted by molar-refractivity contribution is 7.93. The van der Waals surface area contributed by atoms with Crippen LogP contribution in [0.4, 0.5) is 10.8 Å². The Bertz CT molecular complexity index is 673. The molecule has 9 heteroatoms. The van der Waals surface area contributed by atoms with E-state index in [1.165, 1.54) is 41.8 Å². The molecule has 1 aromatic carbocycles. The highest BCUT2D eigenvalue weighted by atomic mass is 32.2. The first kappa shape index (κ1) is 13.3. The van der Waals surface area contributed by atoms with Crippen molar-refractivity contribution in [3.05, 3.63) is 35.8 Å². The maximum Gasteiger partial charge on any atom is 0.263 e. The molecule has 1 heterocycles. The summed E-state index contributed by atoms with van der Waals surface area (Å²) in [5.74, 6) is -0.0866. The number of aromatic nitrogens is 1. The second-order valence-electron chi connectivity index (χ2n) is 3.47. The van der Waals surface area contributed by atoms with Crippen molar-refractivity contribution in [1.29, 1.82) is 0 Å². The van der Waals surface area contributed by atoms with Crippen molar-refractivity contribution < 1.29 is 8.42 Å². The Morgan fingerprint density at radius 1 is 1.26 bits per heavy atom. The number of sulfonamides is 1. The van der Waals surface area contributed by atoms with Crippen molar-refractivity contribution in [2.45, 2.75) is 4.90 Å². The van der Waals surface area contributed by atoms with Crippen molar-refractivity contribution in [1.82, 2.24) is 4.98 Å². The number of anilines is 1. The fourth-order valence-corrected chi connectivity index (χ4v) is 3.09. The van der Waals surface area contributed by atoms with Crippen LogP contribution in [-0.4, -0.2) is 19.4 Å². The molecule has 0 aliphatic carbocycles. The van der Waals surface area contributed by atoms with Gasteiger partial charge in [-0.1, -0.05) is 0 Å². The van der Waals surface area contributed by atoms with Gasteiger partial charge in [0.15, 0.2) is 11.1 Å². The zero-order valence-electron chi connectivity index (χ0n) is 9.65.